The molecule has 17 heavy (non-hydrogen) atoms. The highest BCUT2D eigenvalue weighted by Crippen LogP contribution is 2.38. The van der Waals surface area contributed by atoms with Gasteiger partial charge in [0.25, 0.3) is 0 Å². The summed E-state index contributed by atoms with van der Waals surface area (Å²) in [5.41, 5.74) is 8.46. The number of fused-ring (bicyclic) bond motifs is 1. The van der Waals surface area contributed by atoms with E-state index in [1.165, 1.54) is 5.56 Å². The van der Waals surface area contributed by atoms with Crippen LogP contribution in [-0.2, 0) is 11.2 Å². The molecule has 4 heteroatoms. The molecular weight excluding hydrogens is 218 g/mol. The second kappa shape index (κ2) is 4.94. The predicted octanol–water partition coefficient (Wildman–Crippen LogP) is 1.66. The Morgan fingerprint density at radius 3 is 2.53 bits per heavy atom. The molecule has 1 aromatic rings. The van der Waals surface area contributed by atoms with E-state index in [9.17, 15) is 0 Å². The Morgan fingerprint density at radius 1 is 1.18 bits per heavy atom. The van der Waals surface area contributed by atoms with Gasteiger partial charge in [-0.1, -0.05) is 0 Å². The summed E-state index contributed by atoms with van der Waals surface area (Å²) < 4.78 is 16.1. The first-order chi connectivity index (χ1) is 8.21. The number of nitrogens with two attached hydrogens (primary N) is 1. The van der Waals surface area contributed by atoms with Gasteiger partial charge >= 0.3 is 0 Å². The Labute approximate surface area is 102 Å². The van der Waals surface area contributed by atoms with Crippen LogP contribution in [-0.4, -0.2) is 27.4 Å². The van der Waals surface area contributed by atoms with E-state index < -0.39 is 0 Å². The number of hydrogen-bond acceptors (Lipinski definition) is 4. The molecule has 0 aromatic heterocycles. The predicted molar refractivity (Wildman–Crippen MR) is 65.6 cm³/mol. The van der Waals surface area contributed by atoms with Gasteiger partial charge in [-0.25, -0.2) is 0 Å². The average molecular weight is 237 g/mol. The van der Waals surface area contributed by atoms with Gasteiger partial charge in [0.1, 0.15) is 11.5 Å². The van der Waals surface area contributed by atoms with Gasteiger partial charge in [0.2, 0.25) is 0 Å². The van der Waals surface area contributed by atoms with Crippen LogP contribution in [0.2, 0.25) is 0 Å². The van der Waals surface area contributed by atoms with E-state index in [1.54, 1.807) is 21.3 Å². The Bertz CT molecular complexity index is 406. The maximum Gasteiger partial charge on any atom is 0.126 e. The van der Waals surface area contributed by atoms with Crippen molar-refractivity contribution in [2.45, 2.75) is 25.0 Å². The molecule has 0 radical (unpaired) electrons. The van der Waals surface area contributed by atoms with E-state index in [4.69, 9.17) is 19.9 Å². The fourth-order valence-electron chi connectivity index (χ4n) is 2.44. The van der Waals surface area contributed by atoms with Crippen LogP contribution in [0.5, 0.6) is 11.5 Å². The molecule has 0 fully saturated rings. The van der Waals surface area contributed by atoms with Crippen LogP contribution in [0, 0.1) is 0 Å². The minimum absolute atomic E-state index is 0.0688. The maximum atomic E-state index is 6.21. The zero-order valence-electron chi connectivity index (χ0n) is 10.5. The molecule has 2 rings (SSSR count). The number of hydrogen-bond donors (Lipinski definition) is 1. The Balaban J connectivity index is 2.47. The lowest BCUT2D eigenvalue weighted by Gasteiger charge is -2.31. The molecule has 2 N–H and O–H groups in total. The van der Waals surface area contributed by atoms with Crippen molar-refractivity contribution < 1.29 is 14.2 Å². The number of benzene rings is 1. The normalized spacial score (nSPS) is 23.1. The quantitative estimate of drug-likeness (QED) is 0.868. The molecule has 2 atom stereocenters. The number of methoxy groups -OCH3 is 3. The van der Waals surface area contributed by atoms with Crippen LogP contribution < -0.4 is 15.2 Å². The molecule has 1 aromatic carbocycles. The summed E-state index contributed by atoms with van der Waals surface area (Å²) in [4.78, 5) is 0. The smallest absolute Gasteiger partial charge is 0.126 e. The topological polar surface area (TPSA) is 53.7 Å². The molecule has 1 aliphatic carbocycles. The Morgan fingerprint density at radius 2 is 1.94 bits per heavy atom. The molecule has 0 spiro atoms. The van der Waals surface area contributed by atoms with E-state index in [0.29, 0.717) is 0 Å². The number of ether oxygens (including phenoxy) is 3. The fraction of sp³-hybridized carbons (Fsp3) is 0.538. The summed E-state index contributed by atoms with van der Waals surface area (Å²) in [6.07, 6.45) is 1.92. The van der Waals surface area contributed by atoms with Gasteiger partial charge in [0.15, 0.2) is 0 Å². The third-order valence-corrected chi connectivity index (χ3v) is 3.41. The standard InChI is InChI=1S/C13H19NO3/c1-15-8-6-10-9(12(7-8)17-3)4-5-11(16-2)13(10)14/h6-7,11,13H,4-5,14H2,1-3H3/t11-,13+/m1/s1. The van der Waals surface area contributed by atoms with Crippen molar-refractivity contribution in [3.05, 3.63) is 23.3 Å². The van der Waals surface area contributed by atoms with E-state index in [1.807, 2.05) is 12.1 Å². The average Bonchev–Trinajstić information content (AvgIpc) is 2.38. The molecule has 0 saturated carbocycles. The molecule has 4 nitrogen and oxygen atoms in total. The molecule has 0 bridgehead atoms. The maximum absolute atomic E-state index is 6.21. The van der Waals surface area contributed by atoms with Crippen molar-refractivity contribution in [3.8, 4) is 11.5 Å². The highest BCUT2D eigenvalue weighted by molar-refractivity contribution is 5.49. The van der Waals surface area contributed by atoms with E-state index in [2.05, 4.69) is 0 Å². The molecule has 1 aliphatic rings. The van der Waals surface area contributed by atoms with Crippen LogP contribution in [0.25, 0.3) is 0 Å². The van der Waals surface area contributed by atoms with Crippen LogP contribution in [0.4, 0.5) is 0 Å². The minimum atomic E-state index is -0.118. The Hall–Kier alpha value is -1.26. The van der Waals surface area contributed by atoms with Crippen molar-refractivity contribution in [3.63, 3.8) is 0 Å². The summed E-state index contributed by atoms with van der Waals surface area (Å²) >= 11 is 0. The summed E-state index contributed by atoms with van der Waals surface area (Å²) in [5, 5.41) is 0. The molecule has 0 amide bonds. The van der Waals surface area contributed by atoms with Gasteiger partial charge in [-0.3, -0.25) is 0 Å². The van der Waals surface area contributed by atoms with Crippen LogP contribution in [0.3, 0.4) is 0 Å². The van der Waals surface area contributed by atoms with Crippen molar-refractivity contribution in [1.29, 1.82) is 0 Å². The fourth-order valence-corrected chi connectivity index (χ4v) is 2.44. The summed E-state index contributed by atoms with van der Waals surface area (Å²) in [7, 11) is 5.01. The van der Waals surface area contributed by atoms with Crippen LogP contribution in [0.1, 0.15) is 23.6 Å². The third-order valence-electron chi connectivity index (χ3n) is 3.41. The highest BCUT2D eigenvalue weighted by atomic mass is 16.5. The van der Waals surface area contributed by atoms with Crippen LogP contribution in [0.15, 0.2) is 12.1 Å². The van der Waals surface area contributed by atoms with E-state index in [-0.39, 0.29) is 12.1 Å². The summed E-state index contributed by atoms with van der Waals surface area (Å²) in [5.74, 6) is 1.62. The van der Waals surface area contributed by atoms with Crippen LogP contribution >= 0.6 is 0 Å². The molecular formula is C13H19NO3. The van der Waals surface area contributed by atoms with Crippen molar-refractivity contribution in [2.24, 2.45) is 5.73 Å². The van der Waals surface area contributed by atoms with E-state index >= 15 is 0 Å². The van der Waals surface area contributed by atoms with Crippen molar-refractivity contribution in [2.75, 3.05) is 21.3 Å². The van der Waals surface area contributed by atoms with Crippen molar-refractivity contribution in [1.82, 2.24) is 0 Å². The minimum Gasteiger partial charge on any atom is -0.497 e. The Kier molecular flexibility index (Phi) is 3.54. The lowest BCUT2D eigenvalue weighted by molar-refractivity contribution is 0.0674. The monoisotopic (exact) mass is 237 g/mol. The van der Waals surface area contributed by atoms with Gasteiger partial charge in [-0.05, 0) is 30.0 Å². The summed E-state index contributed by atoms with van der Waals surface area (Å²) in [6, 6.07) is 3.76. The SMILES string of the molecule is COc1cc(OC)c2c(c1)[C@H](N)[C@H](OC)CC2. The second-order valence-corrected chi connectivity index (χ2v) is 4.24. The number of rotatable bonds is 3. The first-order valence-electron chi connectivity index (χ1n) is 5.74. The second-order valence-electron chi connectivity index (χ2n) is 4.24. The largest absolute Gasteiger partial charge is 0.497 e. The molecule has 0 saturated heterocycles. The summed E-state index contributed by atoms with van der Waals surface area (Å²) in [6.45, 7) is 0. The highest BCUT2D eigenvalue weighted by Gasteiger charge is 2.29. The molecule has 0 unspecified atom stereocenters. The third kappa shape index (κ3) is 2.10. The first kappa shape index (κ1) is 12.2. The van der Waals surface area contributed by atoms with Gasteiger partial charge in [-0.2, -0.15) is 0 Å². The van der Waals surface area contributed by atoms with Gasteiger partial charge in [0.05, 0.1) is 26.4 Å². The van der Waals surface area contributed by atoms with Gasteiger partial charge < -0.3 is 19.9 Å². The zero-order chi connectivity index (χ0) is 12.4. The first-order valence-corrected chi connectivity index (χ1v) is 5.74. The van der Waals surface area contributed by atoms with E-state index in [0.717, 1.165) is 29.9 Å². The molecule has 0 heterocycles. The van der Waals surface area contributed by atoms with Gasteiger partial charge in [0, 0.05) is 13.2 Å². The lowest BCUT2D eigenvalue weighted by atomic mass is 9.85. The van der Waals surface area contributed by atoms with Gasteiger partial charge in [-0.15, -0.1) is 0 Å². The zero-order valence-corrected chi connectivity index (χ0v) is 10.5. The molecule has 94 valence electrons. The molecule has 0 aliphatic heterocycles. The van der Waals surface area contributed by atoms with Crippen molar-refractivity contribution >= 4 is 0 Å². The lowest BCUT2D eigenvalue weighted by Crippen LogP contribution is -2.33.